The topological polar surface area (TPSA) is 83.8 Å². The largest absolute Gasteiger partial charge is 0.535 e. The van der Waals surface area contributed by atoms with E-state index in [0.29, 0.717) is 5.56 Å². The Morgan fingerprint density at radius 1 is 1.53 bits per heavy atom. The van der Waals surface area contributed by atoms with Crippen LogP contribution in [-0.2, 0) is 11.2 Å². The van der Waals surface area contributed by atoms with E-state index in [4.69, 9.17) is 9.76 Å². The maximum absolute atomic E-state index is 13.5. The minimum atomic E-state index is -1.45. The number of carboxylic acid groups (broad SMARTS) is 1. The Balaban J connectivity index is 2.40. The van der Waals surface area contributed by atoms with Gasteiger partial charge in [-0.05, 0) is 25.0 Å². The number of Topliss-reactive ketones (excluding diaryl/α,β-unsaturated/α-hetero) is 1. The van der Waals surface area contributed by atoms with Gasteiger partial charge < -0.3 is 19.6 Å². The van der Waals surface area contributed by atoms with Crippen molar-refractivity contribution in [1.29, 1.82) is 0 Å². The summed E-state index contributed by atoms with van der Waals surface area (Å²) in [4.78, 5) is 22.1. The zero-order valence-electron chi connectivity index (χ0n) is 10.2. The Kier molecular flexibility index (Phi) is 3.57. The van der Waals surface area contributed by atoms with Crippen LogP contribution in [0.1, 0.15) is 29.3 Å². The van der Waals surface area contributed by atoms with Crippen molar-refractivity contribution < 1.29 is 28.8 Å². The Morgan fingerprint density at radius 2 is 2.21 bits per heavy atom. The highest BCUT2D eigenvalue weighted by molar-refractivity contribution is 6.46. The summed E-state index contributed by atoms with van der Waals surface area (Å²) in [6.45, 7) is 1.40. The molecule has 0 bridgehead atoms. The molecule has 0 fully saturated rings. The van der Waals surface area contributed by atoms with Gasteiger partial charge in [-0.1, -0.05) is 6.07 Å². The summed E-state index contributed by atoms with van der Waals surface area (Å²) in [6, 6.07) is 2.46. The molecule has 19 heavy (non-hydrogen) atoms. The summed E-state index contributed by atoms with van der Waals surface area (Å²) in [6.07, 6.45) is 0.400. The van der Waals surface area contributed by atoms with Crippen molar-refractivity contribution in [2.24, 2.45) is 0 Å². The van der Waals surface area contributed by atoms with Crippen LogP contribution in [0.3, 0.4) is 0 Å². The second-order valence-corrected chi connectivity index (χ2v) is 4.59. The van der Waals surface area contributed by atoms with E-state index in [-0.39, 0.29) is 24.4 Å². The van der Waals surface area contributed by atoms with E-state index in [2.05, 4.69) is 0 Å². The van der Waals surface area contributed by atoms with Gasteiger partial charge in [-0.2, -0.15) is 0 Å². The van der Waals surface area contributed by atoms with E-state index in [9.17, 15) is 19.0 Å². The fraction of sp³-hybridized carbons (Fsp3) is 0.333. The van der Waals surface area contributed by atoms with Gasteiger partial charge in [0.05, 0.1) is 0 Å². The van der Waals surface area contributed by atoms with Crippen LogP contribution in [0.25, 0.3) is 0 Å². The number of halogens is 1. The number of hydrogen-bond donors (Lipinski definition) is 2. The van der Waals surface area contributed by atoms with Crippen LogP contribution < -0.4 is 4.65 Å². The van der Waals surface area contributed by atoms with Crippen molar-refractivity contribution in [2.45, 2.75) is 25.6 Å². The molecule has 1 heterocycles. The molecule has 0 aromatic heterocycles. The van der Waals surface area contributed by atoms with Crippen molar-refractivity contribution in [2.75, 3.05) is 0 Å². The molecule has 0 saturated carbocycles. The number of carbonyl (C=O) groups is 2. The number of carboxylic acids is 1. The first-order valence-corrected chi connectivity index (χ1v) is 5.79. The monoisotopic (exact) mass is 266 g/mol. The highest BCUT2D eigenvalue weighted by Gasteiger charge is 2.38. The lowest BCUT2D eigenvalue weighted by molar-refractivity contribution is -0.117. The maximum Gasteiger partial charge on any atom is 0.526 e. The van der Waals surface area contributed by atoms with Crippen LogP contribution in [-0.4, -0.2) is 29.0 Å². The highest BCUT2D eigenvalue weighted by Crippen LogP contribution is 2.37. The molecule has 0 aliphatic carbocycles. The number of fused-ring (bicyclic) bond motifs is 1. The molecule has 1 aliphatic rings. The van der Waals surface area contributed by atoms with Gasteiger partial charge in [0.1, 0.15) is 22.9 Å². The molecule has 0 amide bonds. The fourth-order valence-corrected chi connectivity index (χ4v) is 2.24. The third-order valence-corrected chi connectivity index (χ3v) is 3.08. The molecule has 0 saturated heterocycles. The van der Waals surface area contributed by atoms with Crippen LogP contribution in [0.5, 0.6) is 5.75 Å². The number of ketones is 1. The summed E-state index contributed by atoms with van der Waals surface area (Å²) in [5.74, 6) is -3.07. The summed E-state index contributed by atoms with van der Waals surface area (Å²) in [5, 5.41) is 18.7. The van der Waals surface area contributed by atoms with Crippen molar-refractivity contribution in [3.8, 4) is 5.75 Å². The quantitative estimate of drug-likeness (QED) is 0.805. The standard InChI is InChI=1S/C12H12BFO5/c1-6(15)4-8-5-7-2-3-9(14)10(12(16)17)11(7)19-13(8)18/h2-3,8,18H,4-5H2,1H3,(H,16,17)/t8-/m0/s1. The predicted molar refractivity (Wildman–Crippen MR) is 64.7 cm³/mol. The van der Waals surface area contributed by atoms with Crippen molar-refractivity contribution >= 4 is 18.9 Å². The SMILES string of the molecule is CC(=O)C[C@H]1Cc2ccc(F)c(C(=O)O)c2OB1O. The zero-order valence-corrected chi connectivity index (χ0v) is 10.2. The molecule has 0 spiro atoms. The minimum absolute atomic E-state index is 0.100. The first-order valence-electron chi connectivity index (χ1n) is 5.79. The summed E-state index contributed by atoms with van der Waals surface area (Å²) < 4.78 is 18.6. The van der Waals surface area contributed by atoms with E-state index >= 15 is 0 Å². The van der Waals surface area contributed by atoms with Gasteiger partial charge in [-0.15, -0.1) is 0 Å². The molecule has 2 N–H and O–H groups in total. The Morgan fingerprint density at radius 3 is 2.79 bits per heavy atom. The van der Waals surface area contributed by atoms with Crippen molar-refractivity contribution in [3.05, 3.63) is 29.1 Å². The average molecular weight is 266 g/mol. The molecule has 1 aromatic carbocycles. The van der Waals surface area contributed by atoms with E-state index in [1.165, 1.54) is 13.0 Å². The normalized spacial score (nSPS) is 17.6. The summed E-state index contributed by atoms with van der Waals surface area (Å²) >= 11 is 0. The third kappa shape index (κ3) is 2.60. The van der Waals surface area contributed by atoms with Crippen LogP contribution in [0.4, 0.5) is 4.39 Å². The molecule has 2 rings (SSSR count). The molecule has 1 aliphatic heterocycles. The van der Waals surface area contributed by atoms with Crippen LogP contribution in [0.2, 0.25) is 5.82 Å². The van der Waals surface area contributed by atoms with Crippen molar-refractivity contribution in [1.82, 2.24) is 0 Å². The lowest BCUT2D eigenvalue weighted by atomic mass is 9.64. The minimum Gasteiger partial charge on any atom is -0.535 e. The number of rotatable bonds is 3. The van der Waals surface area contributed by atoms with Gasteiger partial charge in [-0.25, -0.2) is 9.18 Å². The van der Waals surface area contributed by atoms with Crippen LogP contribution >= 0.6 is 0 Å². The summed E-state index contributed by atoms with van der Waals surface area (Å²) in [5.41, 5.74) is -0.104. The molecule has 1 aromatic rings. The molecule has 100 valence electrons. The third-order valence-electron chi connectivity index (χ3n) is 3.08. The number of carbonyl (C=O) groups excluding carboxylic acids is 1. The molecular weight excluding hydrogens is 254 g/mol. The van der Waals surface area contributed by atoms with E-state index < -0.39 is 30.3 Å². The van der Waals surface area contributed by atoms with Gasteiger partial charge in [0.2, 0.25) is 0 Å². The van der Waals surface area contributed by atoms with Crippen LogP contribution in [0, 0.1) is 5.82 Å². The second kappa shape index (κ2) is 5.01. The molecule has 0 radical (unpaired) electrons. The fourth-order valence-electron chi connectivity index (χ4n) is 2.24. The lowest BCUT2D eigenvalue weighted by Crippen LogP contribution is -2.35. The van der Waals surface area contributed by atoms with Gasteiger partial charge in [0.15, 0.2) is 0 Å². The predicted octanol–water partition coefficient (Wildman–Crippen LogP) is 1.29. The van der Waals surface area contributed by atoms with Crippen molar-refractivity contribution in [3.63, 3.8) is 0 Å². The second-order valence-electron chi connectivity index (χ2n) is 4.59. The summed E-state index contributed by atoms with van der Waals surface area (Å²) in [7, 11) is -1.31. The Labute approximate surface area is 109 Å². The molecule has 0 unspecified atom stereocenters. The van der Waals surface area contributed by atoms with E-state index in [1.54, 1.807) is 0 Å². The molecule has 1 atom stereocenters. The zero-order chi connectivity index (χ0) is 14.2. The number of aromatic carboxylic acids is 1. The first-order chi connectivity index (χ1) is 8.90. The highest BCUT2D eigenvalue weighted by atomic mass is 19.1. The average Bonchev–Trinajstić information content (AvgIpc) is 2.29. The smallest absolute Gasteiger partial charge is 0.526 e. The van der Waals surface area contributed by atoms with Gasteiger partial charge in [-0.3, -0.25) is 0 Å². The lowest BCUT2D eigenvalue weighted by Gasteiger charge is -2.27. The molecule has 5 nitrogen and oxygen atoms in total. The van der Waals surface area contributed by atoms with E-state index in [1.807, 2.05) is 0 Å². The first kappa shape index (κ1) is 13.5. The Hall–Kier alpha value is -1.89. The molecular formula is C12H12BFO5. The number of hydrogen-bond acceptors (Lipinski definition) is 4. The van der Waals surface area contributed by atoms with Gasteiger partial charge in [0, 0.05) is 12.2 Å². The van der Waals surface area contributed by atoms with Gasteiger partial charge in [0.25, 0.3) is 0 Å². The number of benzene rings is 1. The van der Waals surface area contributed by atoms with E-state index in [0.717, 1.165) is 6.07 Å². The molecule has 7 heteroatoms. The maximum atomic E-state index is 13.5. The van der Waals surface area contributed by atoms with Gasteiger partial charge >= 0.3 is 13.1 Å². The van der Waals surface area contributed by atoms with Crippen LogP contribution in [0.15, 0.2) is 12.1 Å². The Bertz CT molecular complexity index is 545.